The van der Waals surface area contributed by atoms with Crippen LogP contribution in [-0.4, -0.2) is 46.7 Å². The molecule has 1 aliphatic heterocycles. The highest BCUT2D eigenvalue weighted by molar-refractivity contribution is 7.89. The van der Waals surface area contributed by atoms with E-state index in [0.717, 1.165) is 6.42 Å². The standard InChI is InChI=1S/C15H20N2O6S/c1-10-5-6-11(8-13(10)24(20,21)16-2)17-14(18)9-23-15(19)12-4-3-7-22-12/h5-6,8,12,16H,3-4,7,9H2,1-2H3,(H,17,18)/t12-/m1/s1. The molecule has 2 rings (SSSR count). The lowest BCUT2D eigenvalue weighted by atomic mass is 10.2. The van der Waals surface area contributed by atoms with E-state index in [1.165, 1.54) is 13.1 Å². The molecule has 0 bridgehead atoms. The van der Waals surface area contributed by atoms with Gasteiger partial charge in [0.05, 0.1) is 4.90 Å². The van der Waals surface area contributed by atoms with E-state index >= 15 is 0 Å². The van der Waals surface area contributed by atoms with Gasteiger partial charge in [-0.1, -0.05) is 6.07 Å². The third-order valence-electron chi connectivity index (χ3n) is 3.57. The predicted molar refractivity (Wildman–Crippen MR) is 86.0 cm³/mol. The second kappa shape index (κ2) is 7.73. The fourth-order valence-corrected chi connectivity index (χ4v) is 3.26. The molecule has 1 aromatic rings. The van der Waals surface area contributed by atoms with Crippen molar-refractivity contribution in [2.45, 2.75) is 30.8 Å². The van der Waals surface area contributed by atoms with Crippen LogP contribution in [0.3, 0.4) is 0 Å². The Morgan fingerprint density at radius 3 is 2.75 bits per heavy atom. The summed E-state index contributed by atoms with van der Waals surface area (Å²) in [7, 11) is -2.32. The number of rotatable bonds is 6. The van der Waals surface area contributed by atoms with Crippen LogP contribution >= 0.6 is 0 Å². The van der Waals surface area contributed by atoms with E-state index in [-0.39, 0.29) is 4.90 Å². The molecule has 0 saturated carbocycles. The van der Waals surface area contributed by atoms with Gasteiger partial charge in [0.25, 0.3) is 5.91 Å². The highest BCUT2D eigenvalue weighted by Crippen LogP contribution is 2.20. The van der Waals surface area contributed by atoms with Crippen molar-refractivity contribution < 1.29 is 27.5 Å². The Kier molecular flexibility index (Phi) is 5.92. The number of anilines is 1. The van der Waals surface area contributed by atoms with E-state index in [9.17, 15) is 18.0 Å². The predicted octanol–water partition coefficient (Wildman–Crippen LogP) is 0.564. The quantitative estimate of drug-likeness (QED) is 0.721. The molecule has 0 unspecified atom stereocenters. The first-order chi connectivity index (χ1) is 11.3. The van der Waals surface area contributed by atoms with Gasteiger partial charge in [-0.2, -0.15) is 0 Å². The molecule has 0 spiro atoms. The monoisotopic (exact) mass is 356 g/mol. The van der Waals surface area contributed by atoms with Crippen LogP contribution in [0.25, 0.3) is 0 Å². The Morgan fingerprint density at radius 1 is 1.38 bits per heavy atom. The summed E-state index contributed by atoms with van der Waals surface area (Å²) in [5.74, 6) is -1.12. The Hall–Kier alpha value is -1.97. The molecule has 1 saturated heterocycles. The van der Waals surface area contributed by atoms with Crippen molar-refractivity contribution in [2.75, 3.05) is 25.6 Å². The van der Waals surface area contributed by atoms with Gasteiger partial charge in [-0.15, -0.1) is 0 Å². The molecule has 0 aliphatic carbocycles. The number of amides is 1. The van der Waals surface area contributed by atoms with Gasteiger partial charge >= 0.3 is 5.97 Å². The molecular formula is C15H20N2O6S. The molecule has 1 aromatic carbocycles. The normalized spacial score (nSPS) is 17.5. The number of nitrogens with one attached hydrogen (secondary N) is 2. The average Bonchev–Trinajstić information content (AvgIpc) is 3.09. The molecule has 1 amide bonds. The maximum Gasteiger partial charge on any atom is 0.335 e. The summed E-state index contributed by atoms with van der Waals surface area (Å²) < 4.78 is 36.1. The molecular weight excluding hydrogens is 336 g/mol. The lowest BCUT2D eigenvalue weighted by molar-refractivity contribution is -0.156. The fraction of sp³-hybridized carbons (Fsp3) is 0.467. The Labute approximate surface area is 140 Å². The van der Waals surface area contributed by atoms with Crippen LogP contribution in [-0.2, 0) is 29.1 Å². The van der Waals surface area contributed by atoms with E-state index in [2.05, 4.69) is 10.0 Å². The fourth-order valence-electron chi connectivity index (χ4n) is 2.27. The largest absolute Gasteiger partial charge is 0.454 e. The second-order valence-corrected chi connectivity index (χ2v) is 7.20. The zero-order valence-corrected chi connectivity index (χ0v) is 14.3. The van der Waals surface area contributed by atoms with Gasteiger partial charge in [-0.3, -0.25) is 4.79 Å². The molecule has 1 aliphatic rings. The Balaban J connectivity index is 1.96. The van der Waals surface area contributed by atoms with Crippen LogP contribution in [0, 0.1) is 6.92 Å². The molecule has 132 valence electrons. The molecule has 1 fully saturated rings. The highest BCUT2D eigenvalue weighted by atomic mass is 32.2. The van der Waals surface area contributed by atoms with Crippen molar-refractivity contribution in [3.63, 3.8) is 0 Å². The number of hydrogen-bond donors (Lipinski definition) is 2. The van der Waals surface area contributed by atoms with E-state index < -0.39 is 34.6 Å². The number of carbonyl (C=O) groups is 2. The molecule has 1 atom stereocenters. The number of esters is 1. The molecule has 8 nitrogen and oxygen atoms in total. The lowest BCUT2D eigenvalue weighted by Crippen LogP contribution is -2.27. The molecule has 0 radical (unpaired) electrons. The van der Waals surface area contributed by atoms with Crippen molar-refractivity contribution >= 4 is 27.6 Å². The summed E-state index contributed by atoms with van der Waals surface area (Å²) in [6.45, 7) is 1.71. The minimum Gasteiger partial charge on any atom is -0.454 e. The summed E-state index contributed by atoms with van der Waals surface area (Å²) in [5.41, 5.74) is 0.847. The maximum absolute atomic E-state index is 11.9. The minimum atomic E-state index is -3.63. The van der Waals surface area contributed by atoms with Crippen LogP contribution in [0.2, 0.25) is 0 Å². The summed E-state index contributed by atoms with van der Waals surface area (Å²) in [5, 5.41) is 2.50. The third-order valence-corrected chi connectivity index (χ3v) is 5.12. The Morgan fingerprint density at radius 2 is 2.12 bits per heavy atom. The highest BCUT2D eigenvalue weighted by Gasteiger charge is 2.25. The van der Waals surface area contributed by atoms with E-state index in [4.69, 9.17) is 9.47 Å². The van der Waals surface area contributed by atoms with Gasteiger partial charge < -0.3 is 14.8 Å². The van der Waals surface area contributed by atoms with Crippen molar-refractivity contribution in [1.29, 1.82) is 0 Å². The SMILES string of the molecule is CNS(=O)(=O)c1cc(NC(=O)COC(=O)[C@H]2CCCO2)ccc1C. The Bertz CT molecular complexity index is 725. The van der Waals surface area contributed by atoms with Crippen LogP contribution < -0.4 is 10.0 Å². The molecule has 1 heterocycles. The van der Waals surface area contributed by atoms with Crippen molar-refractivity contribution in [3.05, 3.63) is 23.8 Å². The lowest BCUT2D eigenvalue weighted by Gasteiger charge is -2.12. The van der Waals surface area contributed by atoms with Crippen LogP contribution in [0.1, 0.15) is 18.4 Å². The number of sulfonamides is 1. The number of hydrogen-bond acceptors (Lipinski definition) is 6. The van der Waals surface area contributed by atoms with Crippen LogP contribution in [0.4, 0.5) is 5.69 Å². The number of carbonyl (C=O) groups excluding carboxylic acids is 2. The summed E-state index contributed by atoms with van der Waals surface area (Å²) in [6.07, 6.45) is 0.770. The number of aryl methyl sites for hydroxylation is 1. The molecule has 24 heavy (non-hydrogen) atoms. The van der Waals surface area contributed by atoms with Crippen LogP contribution in [0.5, 0.6) is 0 Å². The van der Waals surface area contributed by atoms with Gasteiger partial charge in [0.15, 0.2) is 12.7 Å². The molecule has 0 aromatic heterocycles. The van der Waals surface area contributed by atoms with E-state index in [0.29, 0.717) is 24.3 Å². The first-order valence-corrected chi connectivity index (χ1v) is 8.94. The van der Waals surface area contributed by atoms with Crippen molar-refractivity contribution in [2.24, 2.45) is 0 Å². The second-order valence-electron chi connectivity index (χ2n) is 5.35. The van der Waals surface area contributed by atoms with Gasteiger partial charge in [0.1, 0.15) is 0 Å². The summed E-state index contributed by atoms with van der Waals surface area (Å²) in [4.78, 5) is 23.6. The van der Waals surface area contributed by atoms with Crippen molar-refractivity contribution in [3.8, 4) is 0 Å². The van der Waals surface area contributed by atoms with E-state index in [1.807, 2.05) is 0 Å². The van der Waals surface area contributed by atoms with Gasteiger partial charge in [-0.05, 0) is 44.5 Å². The average molecular weight is 356 g/mol. The zero-order chi connectivity index (χ0) is 17.7. The summed E-state index contributed by atoms with van der Waals surface area (Å²) in [6, 6.07) is 4.50. The molecule has 2 N–H and O–H groups in total. The first kappa shape index (κ1) is 18.4. The van der Waals surface area contributed by atoms with Crippen molar-refractivity contribution in [1.82, 2.24) is 4.72 Å². The maximum atomic E-state index is 11.9. The smallest absolute Gasteiger partial charge is 0.335 e. The van der Waals surface area contributed by atoms with E-state index in [1.54, 1.807) is 19.1 Å². The zero-order valence-electron chi connectivity index (χ0n) is 13.5. The first-order valence-electron chi connectivity index (χ1n) is 7.46. The van der Waals surface area contributed by atoms with Gasteiger partial charge in [0, 0.05) is 12.3 Å². The van der Waals surface area contributed by atoms with Crippen LogP contribution in [0.15, 0.2) is 23.1 Å². The third kappa shape index (κ3) is 4.53. The topological polar surface area (TPSA) is 111 Å². The number of benzene rings is 1. The summed E-state index contributed by atoms with van der Waals surface area (Å²) >= 11 is 0. The minimum absolute atomic E-state index is 0.0687. The van der Waals surface area contributed by atoms with Gasteiger partial charge in [-0.25, -0.2) is 17.9 Å². The van der Waals surface area contributed by atoms with Gasteiger partial charge in [0.2, 0.25) is 10.0 Å². The molecule has 9 heteroatoms. The number of ether oxygens (including phenoxy) is 2.